The highest BCUT2D eigenvalue weighted by Crippen LogP contribution is 2.23. The number of rotatable bonds is 5. The van der Waals surface area contributed by atoms with Crippen molar-refractivity contribution >= 4 is 15.9 Å². The van der Waals surface area contributed by atoms with E-state index in [4.69, 9.17) is 0 Å². The molecule has 0 spiro atoms. The zero-order valence-electron chi connectivity index (χ0n) is 9.56. The molecular formula is C12H24BrN. The molecule has 1 nitrogen and oxygen atoms in total. The maximum absolute atomic E-state index is 3.67. The Kier molecular flexibility index (Phi) is 6.11. The average molecular weight is 262 g/mol. The summed E-state index contributed by atoms with van der Waals surface area (Å²) in [5.74, 6) is 1.69. The topological polar surface area (TPSA) is 12.0 Å². The van der Waals surface area contributed by atoms with Gasteiger partial charge in [-0.2, -0.15) is 0 Å². The Morgan fingerprint density at radius 1 is 1.21 bits per heavy atom. The van der Waals surface area contributed by atoms with Crippen molar-refractivity contribution in [3.63, 3.8) is 0 Å². The second-order valence-electron chi connectivity index (χ2n) is 4.83. The first kappa shape index (κ1) is 12.5. The summed E-state index contributed by atoms with van der Waals surface area (Å²) in [6.07, 6.45) is 7.26. The van der Waals surface area contributed by atoms with Gasteiger partial charge in [0.2, 0.25) is 0 Å². The summed E-state index contributed by atoms with van der Waals surface area (Å²) in [4.78, 5) is 0. The summed E-state index contributed by atoms with van der Waals surface area (Å²) in [7, 11) is 0. The van der Waals surface area contributed by atoms with Crippen LogP contribution >= 0.6 is 15.9 Å². The summed E-state index contributed by atoms with van der Waals surface area (Å²) in [5.41, 5.74) is 0. The van der Waals surface area contributed by atoms with Gasteiger partial charge in [0.25, 0.3) is 0 Å². The number of alkyl halides is 1. The van der Waals surface area contributed by atoms with Gasteiger partial charge in [0.1, 0.15) is 0 Å². The van der Waals surface area contributed by atoms with Crippen LogP contribution in [-0.2, 0) is 0 Å². The Balaban J connectivity index is 2.12. The first-order valence-electron chi connectivity index (χ1n) is 6.03. The minimum Gasteiger partial charge on any atom is -0.314 e. The SMILES string of the molecule is CC(CBr)C(C)NCC1CCCCC1. The molecule has 0 radical (unpaired) electrons. The molecular weight excluding hydrogens is 238 g/mol. The monoisotopic (exact) mass is 261 g/mol. The van der Waals surface area contributed by atoms with Gasteiger partial charge in [0, 0.05) is 11.4 Å². The van der Waals surface area contributed by atoms with E-state index in [0.717, 1.165) is 17.2 Å². The highest BCUT2D eigenvalue weighted by Gasteiger charge is 2.15. The number of nitrogens with one attached hydrogen (secondary N) is 1. The van der Waals surface area contributed by atoms with Crippen molar-refractivity contribution in [2.45, 2.75) is 52.0 Å². The van der Waals surface area contributed by atoms with Crippen LogP contribution in [0, 0.1) is 11.8 Å². The molecule has 0 bridgehead atoms. The van der Waals surface area contributed by atoms with E-state index in [2.05, 4.69) is 35.1 Å². The molecule has 0 aromatic rings. The number of hydrogen-bond acceptors (Lipinski definition) is 1. The third kappa shape index (κ3) is 4.31. The third-order valence-electron chi connectivity index (χ3n) is 3.55. The second kappa shape index (κ2) is 6.84. The molecule has 1 fully saturated rings. The largest absolute Gasteiger partial charge is 0.314 e. The lowest BCUT2D eigenvalue weighted by Crippen LogP contribution is -2.36. The van der Waals surface area contributed by atoms with E-state index in [1.54, 1.807) is 0 Å². The van der Waals surface area contributed by atoms with E-state index in [0.29, 0.717) is 6.04 Å². The van der Waals surface area contributed by atoms with Crippen LogP contribution in [0.15, 0.2) is 0 Å². The van der Waals surface area contributed by atoms with Gasteiger partial charge in [-0.25, -0.2) is 0 Å². The average Bonchev–Trinajstić information content (AvgIpc) is 2.26. The second-order valence-corrected chi connectivity index (χ2v) is 5.48. The van der Waals surface area contributed by atoms with E-state index in [9.17, 15) is 0 Å². The lowest BCUT2D eigenvalue weighted by Gasteiger charge is -2.26. The maximum Gasteiger partial charge on any atom is 0.00724 e. The molecule has 2 heteroatoms. The van der Waals surface area contributed by atoms with Crippen LogP contribution in [0.5, 0.6) is 0 Å². The molecule has 1 aliphatic carbocycles. The van der Waals surface area contributed by atoms with Crippen molar-refractivity contribution in [3.05, 3.63) is 0 Å². The molecule has 1 saturated carbocycles. The molecule has 14 heavy (non-hydrogen) atoms. The summed E-state index contributed by atoms with van der Waals surface area (Å²) in [6, 6.07) is 0.649. The van der Waals surface area contributed by atoms with Crippen molar-refractivity contribution in [1.82, 2.24) is 5.32 Å². The molecule has 0 aromatic heterocycles. The van der Waals surface area contributed by atoms with Gasteiger partial charge in [0.05, 0.1) is 0 Å². The van der Waals surface area contributed by atoms with Crippen molar-refractivity contribution in [2.24, 2.45) is 11.8 Å². The quantitative estimate of drug-likeness (QED) is 0.747. The first-order valence-corrected chi connectivity index (χ1v) is 7.15. The molecule has 0 heterocycles. The molecule has 1 rings (SSSR count). The highest BCUT2D eigenvalue weighted by atomic mass is 79.9. The summed E-state index contributed by atoms with van der Waals surface area (Å²) in [6.45, 7) is 5.83. The molecule has 1 N–H and O–H groups in total. The van der Waals surface area contributed by atoms with Crippen molar-refractivity contribution in [3.8, 4) is 0 Å². The van der Waals surface area contributed by atoms with Gasteiger partial charge in [-0.3, -0.25) is 0 Å². The van der Waals surface area contributed by atoms with Crippen molar-refractivity contribution in [2.75, 3.05) is 11.9 Å². The molecule has 0 saturated heterocycles. The smallest absolute Gasteiger partial charge is 0.00724 e. The fraction of sp³-hybridized carbons (Fsp3) is 1.00. The maximum atomic E-state index is 3.67. The minimum absolute atomic E-state index is 0.649. The van der Waals surface area contributed by atoms with Crippen LogP contribution in [0.3, 0.4) is 0 Å². The predicted molar refractivity (Wildman–Crippen MR) is 67.0 cm³/mol. The Hall–Kier alpha value is 0.440. The minimum atomic E-state index is 0.649. The standard InChI is InChI=1S/C12H24BrN/c1-10(8-13)11(2)14-9-12-6-4-3-5-7-12/h10-12,14H,3-9H2,1-2H3. The van der Waals surface area contributed by atoms with E-state index in [-0.39, 0.29) is 0 Å². The van der Waals surface area contributed by atoms with Gasteiger partial charge in [0.15, 0.2) is 0 Å². The van der Waals surface area contributed by atoms with Crippen LogP contribution in [0.2, 0.25) is 0 Å². The highest BCUT2D eigenvalue weighted by molar-refractivity contribution is 9.09. The van der Waals surface area contributed by atoms with Crippen molar-refractivity contribution < 1.29 is 0 Å². The van der Waals surface area contributed by atoms with Crippen LogP contribution in [0.25, 0.3) is 0 Å². The molecule has 2 unspecified atom stereocenters. The normalized spacial score (nSPS) is 23.4. The third-order valence-corrected chi connectivity index (χ3v) is 4.57. The van der Waals surface area contributed by atoms with Crippen molar-refractivity contribution in [1.29, 1.82) is 0 Å². The zero-order valence-corrected chi connectivity index (χ0v) is 11.1. The van der Waals surface area contributed by atoms with Gasteiger partial charge in [-0.15, -0.1) is 0 Å². The molecule has 84 valence electrons. The molecule has 2 atom stereocenters. The summed E-state index contributed by atoms with van der Waals surface area (Å²) < 4.78 is 0. The van der Waals surface area contributed by atoms with Crippen LogP contribution in [0.4, 0.5) is 0 Å². The van der Waals surface area contributed by atoms with Gasteiger partial charge >= 0.3 is 0 Å². The van der Waals surface area contributed by atoms with E-state index in [1.165, 1.54) is 38.6 Å². The molecule has 0 aliphatic heterocycles. The van der Waals surface area contributed by atoms with Gasteiger partial charge in [-0.05, 0) is 38.1 Å². The Morgan fingerprint density at radius 3 is 2.43 bits per heavy atom. The molecule has 0 amide bonds. The van der Waals surface area contributed by atoms with Gasteiger partial charge < -0.3 is 5.32 Å². The van der Waals surface area contributed by atoms with E-state index < -0.39 is 0 Å². The molecule has 0 aromatic carbocycles. The first-order chi connectivity index (χ1) is 6.74. The van der Waals surface area contributed by atoms with E-state index in [1.807, 2.05) is 0 Å². The Morgan fingerprint density at radius 2 is 1.86 bits per heavy atom. The summed E-state index contributed by atoms with van der Waals surface area (Å²) >= 11 is 3.54. The summed E-state index contributed by atoms with van der Waals surface area (Å²) in [5, 5.41) is 4.78. The van der Waals surface area contributed by atoms with Crippen LogP contribution in [0.1, 0.15) is 46.0 Å². The molecule has 1 aliphatic rings. The fourth-order valence-electron chi connectivity index (χ4n) is 2.08. The van der Waals surface area contributed by atoms with Crippen LogP contribution in [-0.4, -0.2) is 17.9 Å². The lowest BCUT2D eigenvalue weighted by molar-refractivity contribution is 0.314. The Labute approximate surface area is 97.2 Å². The van der Waals surface area contributed by atoms with Gasteiger partial charge in [-0.1, -0.05) is 42.1 Å². The number of halogens is 1. The predicted octanol–water partition coefficient (Wildman–Crippen LogP) is 3.58. The Bertz CT molecular complexity index is 141. The number of hydrogen-bond donors (Lipinski definition) is 1. The zero-order chi connectivity index (χ0) is 10.4. The fourth-order valence-corrected chi connectivity index (χ4v) is 2.64. The van der Waals surface area contributed by atoms with Crippen LogP contribution < -0.4 is 5.32 Å². The van der Waals surface area contributed by atoms with E-state index >= 15 is 0 Å². The lowest BCUT2D eigenvalue weighted by atomic mass is 9.89.